The van der Waals surface area contributed by atoms with Crippen LogP contribution >= 0.6 is 0 Å². The van der Waals surface area contributed by atoms with Crippen molar-refractivity contribution in [1.29, 1.82) is 0 Å². The van der Waals surface area contributed by atoms with Gasteiger partial charge in [0.15, 0.2) is 0 Å². The Labute approximate surface area is 88.1 Å². The van der Waals surface area contributed by atoms with E-state index < -0.39 is 5.60 Å². The predicted molar refractivity (Wildman–Crippen MR) is 60.2 cm³/mol. The molecule has 0 atom stereocenters. The molecule has 0 spiro atoms. The van der Waals surface area contributed by atoms with E-state index in [9.17, 15) is 5.11 Å². The molecule has 1 fully saturated rings. The molecule has 0 heterocycles. The van der Waals surface area contributed by atoms with Crippen LogP contribution < -0.4 is 5.32 Å². The third-order valence-electron chi connectivity index (χ3n) is 3.23. The Morgan fingerprint density at radius 3 is 2.29 bits per heavy atom. The van der Waals surface area contributed by atoms with Crippen molar-refractivity contribution in [3.8, 4) is 0 Å². The summed E-state index contributed by atoms with van der Waals surface area (Å²) in [6, 6.07) is 0. The lowest BCUT2D eigenvalue weighted by Gasteiger charge is -2.46. The molecule has 0 aromatic carbocycles. The fraction of sp³-hybridized carbons (Fsp3) is 1.00. The molecular formula is C12H25NO. The van der Waals surface area contributed by atoms with Crippen LogP contribution in [0, 0.1) is 17.8 Å². The average molecular weight is 199 g/mol. The molecule has 0 radical (unpaired) electrons. The van der Waals surface area contributed by atoms with Gasteiger partial charge >= 0.3 is 0 Å². The molecule has 14 heavy (non-hydrogen) atoms. The van der Waals surface area contributed by atoms with Gasteiger partial charge in [0, 0.05) is 6.54 Å². The smallest absolute Gasteiger partial charge is 0.0777 e. The first-order chi connectivity index (χ1) is 6.43. The molecule has 0 unspecified atom stereocenters. The molecule has 0 aromatic heterocycles. The van der Waals surface area contributed by atoms with Gasteiger partial charge < -0.3 is 10.4 Å². The number of aliphatic hydroxyl groups is 1. The lowest BCUT2D eigenvalue weighted by atomic mass is 9.66. The van der Waals surface area contributed by atoms with E-state index in [2.05, 4.69) is 33.0 Å². The van der Waals surface area contributed by atoms with Crippen molar-refractivity contribution in [2.75, 3.05) is 13.1 Å². The molecule has 2 nitrogen and oxygen atoms in total. The highest BCUT2D eigenvalue weighted by Crippen LogP contribution is 2.41. The Kier molecular flexibility index (Phi) is 3.96. The minimum absolute atomic E-state index is 0.399. The van der Waals surface area contributed by atoms with Crippen LogP contribution in [0.4, 0.5) is 0 Å². The summed E-state index contributed by atoms with van der Waals surface area (Å²) in [5, 5.41) is 13.4. The van der Waals surface area contributed by atoms with E-state index >= 15 is 0 Å². The van der Waals surface area contributed by atoms with Gasteiger partial charge in [0.05, 0.1) is 5.60 Å². The lowest BCUT2D eigenvalue weighted by molar-refractivity contribution is -0.0845. The second-order valence-corrected chi connectivity index (χ2v) is 5.66. The SMILES string of the molecule is CC(C)CNCC1(O)CC(C(C)C)C1. The fourth-order valence-corrected chi connectivity index (χ4v) is 2.13. The van der Waals surface area contributed by atoms with Crippen molar-refractivity contribution in [2.45, 2.75) is 46.1 Å². The lowest BCUT2D eigenvalue weighted by Crippen LogP contribution is -2.52. The summed E-state index contributed by atoms with van der Waals surface area (Å²) in [6.45, 7) is 10.6. The molecule has 1 saturated carbocycles. The molecule has 0 amide bonds. The Balaban J connectivity index is 2.14. The summed E-state index contributed by atoms with van der Waals surface area (Å²) < 4.78 is 0. The highest BCUT2D eigenvalue weighted by molar-refractivity contribution is 4.96. The quantitative estimate of drug-likeness (QED) is 0.710. The van der Waals surface area contributed by atoms with E-state index in [0.29, 0.717) is 5.92 Å². The molecule has 1 aliphatic carbocycles. The minimum Gasteiger partial charge on any atom is -0.389 e. The minimum atomic E-state index is -0.399. The summed E-state index contributed by atoms with van der Waals surface area (Å²) in [6.07, 6.45) is 1.96. The van der Waals surface area contributed by atoms with Crippen molar-refractivity contribution in [3.63, 3.8) is 0 Å². The van der Waals surface area contributed by atoms with E-state index in [0.717, 1.165) is 37.8 Å². The Morgan fingerprint density at radius 2 is 1.86 bits per heavy atom. The number of hydrogen-bond acceptors (Lipinski definition) is 2. The summed E-state index contributed by atoms with van der Waals surface area (Å²) in [5.74, 6) is 2.13. The van der Waals surface area contributed by atoms with E-state index in [1.54, 1.807) is 0 Å². The van der Waals surface area contributed by atoms with Gasteiger partial charge in [0.2, 0.25) is 0 Å². The van der Waals surface area contributed by atoms with Gasteiger partial charge in [-0.3, -0.25) is 0 Å². The average Bonchev–Trinajstić information content (AvgIpc) is 1.98. The fourth-order valence-electron chi connectivity index (χ4n) is 2.13. The normalized spacial score (nSPS) is 32.4. The Hall–Kier alpha value is -0.0800. The molecule has 2 N–H and O–H groups in total. The zero-order valence-electron chi connectivity index (χ0n) is 10.0. The van der Waals surface area contributed by atoms with Gasteiger partial charge in [-0.1, -0.05) is 27.7 Å². The maximum Gasteiger partial charge on any atom is 0.0777 e. The number of nitrogens with one attached hydrogen (secondary N) is 1. The molecular weight excluding hydrogens is 174 g/mol. The van der Waals surface area contributed by atoms with Crippen LogP contribution in [-0.2, 0) is 0 Å². The van der Waals surface area contributed by atoms with Gasteiger partial charge in [-0.15, -0.1) is 0 Å². The summed E-state index contributed by atoms with van der Waals surface area (Å²) in [4.78, 5) is 0. The van der Waals surface area contributed by atoms with E-state index in [4.69, 9.17) is 0 Å². The van der Waals surface area contributed by atoms with Crippen LogP contribution in [-0.4, -0.2) is 23.8 Å². The van der Waals surface area contributed by atoms with Crippen LogP contribution in [0.1, 0.15) is 40.5 Å². The molecule has 2 heteroatoms. The Bertz CT molecular complexity index is 171. The molecule has 0 bridgehead atoms. The summed E-state index contributed by atoms with van der Waals surface area (Å²) >= 11 is 0. The van der Waals surface area contributed by atoms with Crippen LogP contribution in [0.25, 0.3) is 0 Å². The maximum atomic E-state index is 10.1. The van der Waals surface area contributed by atoms with Crippen molar-refractivity contribution < 1.29 is 5.11 Å². The first kappa shape index (κ1) is 12.0. The van der Waals surface area contributed by atoms with Gasteiger partial charge in [-0.05, 0) is 37.1 Å². The summed E-state index contributed by atoms with van der Waals surface area (Å²) in [7, 11) is 0. The summed E-state index contributed by atoms with van der Waals surface area (Å²) in [5.41, 5.74) is -0.399. The molecule has 0 aromatic rings. The van der Waals surface area contributed by atoms with Crippen LogP contribution in [0.2, 0.25) is 0 Å². The monoisotopic (exact) mass is 199 g/mol. The standard InChI is InChI=1S/C12H25NO/c1-9(2)7-13-8-12(14)5-11(6-12)10(3)4/h9-11,13-14H,5-8H2,1-4H3. The van der Waals surface area contributed by atoms with Crippen molar-refractivity contribution in [2.24, 2.45) is 17.8 Å². The van der Waals surface area contributed by atoms with Crippen LogP contribution in [0.15, 0.2) is 0 Å². The van der Waals surface area contributed by atoms with Crippen LogP contribution in [0.3, 0.4) is 0 Å². The topological polar surface area (TPSA) is 32.3 Å². The van der Waals surface area contributed by atoms with Crippen molar-refractivity contribution >= 4 is 0 Å². The molecule has 1 aliphatic rings. The van der Waals surface area contributed by atoms with E-state index in [1.165, 1.54) is 0 Å². The van der Waals surface area contributed by atoms with E-state index in [-0.39, 0.29) is 0 Å². The highest BCUT2D eigenvalue weighted by Gasteiger charge is 2.43. The van der Waals surface area contributed by atoms with Crippen molar-refractivity contribution in [3.05, 3.63) is 0 Å². The first-order valence-electron chi connectivity index (χ1n) is 5.86. The van der Waals surface area contributed by atoms with Crippen LogP contribution in [0.5, 0.6) is 0 Å². The number of rotatable bonds is 5. The zero-order valence-corrected chi connectivity index (χ0v) is 10.0. The van der Waals surface area contributed by atoms with Gasteiger partial charge in [0.25, 0.3) is 0 Å². The Morgan fingerprint density at radius 1 is 1.29 bits per heavy atom. The van der Waals surface area contributed by atoms with Crippen molar-refractivity contribution in [1.82, 2.24) is 5.32 Å². The molecule has 84 valence electrons. The van der Waals surface area contributed by atoms with Gasteiger partial charge in [-0.2, -0.15) is 0 Å². The highest BCUT2D eigenvalue weighted by atomic mass is 16.3. The van der Waals surface area contributed by atoms with Gasteiger partial charge in [0.1, 0.15) is 0 Å². The van der Waals surface area contributed by atoms with E-state index in [1.807, 2.05) is 0 Å². The second-order valence-electron chi connectivity index (χ2n) is 5.66. The third kappa shape index (κ3) is 3.25. The molecule has 1 rings (SSSR count). The number of hydrogen-bond donors (Lipinski definition) is 2. The zero-order chi connectivity index (χ0) is 10.8. The second kappa shape index (κ2) is 4.63. The maximum absolute atomic E-state index is 10.1. The first-order valence-corrected chi connectivity index (χ1v) is 5.86. The van der Waals surface area contributed by atoms with Gasteiger partial charge in [-0.25, -0.2) is 0 Å². The molecule has 0 aliphatic heterocycles. The molecule has 0 saturated heterocycles. The largest absolute Gasteiger partial charge is 0.389 e. The third-order valence-corrected chi connectivity index (χ3v) is 3.23. The predicted octanol–water partition coefficient (Wildman–Crippen LogP) is 2.03.